The van der Waals surface area contributed by atoms with Crippen LogP contribution in [0.4, 0.5) is 13.6 Å². The lowest BCUT2D eigenvalue weighted by atomic mass is 10.0. The molecule has 11 nitrogen and oxygen atoms in total. The first-order valence-corrected chi connectivity index (χ1v) is 13.5. The Morgan fingerprint density at radius 2 is 2.07 bits per heavy atom. The molecule has 13 heteroatoms. The number of aryl methyl sites for hydroxylation is 1. The van der Waals surface area contributed by atoms with Crippen molar-refractivity contribution in [1.29, 1.82) is 0 Å². The average molecular weight is 569 g/mol. The summed E-state index contributed by atoms with van der Waals surface area (Å²) in [6.45, 7) is -0.801. The molecule has 6 rings (SSSR count). The zero-order valence-corrected chi connectivity index (χ0v) is 22.4. The quantitative estimate of drug-likeness (QED) is 0.267. The Morgan fingerprint density at radius 3 is 2.78 bits per heavy atom. The number of pyridine rings is 1. The molecule has 1 fully saturated rings. The maximum Gasteiger partial charge on any atom is 0.405 e. The fraction of sp³-hybridized carbons (Fsp3) is 0.429. The first-order valence-electron chi connectivity index (χ1n) is 13.5. The number of aromatic nitrogens is 4. The van der Waals surface area contributed by atoms with Crippen molar-refractivity contribution in [3.8, 4) is 17.3 Å². The molecule has 1 aromatic carbocycles. The summed E-state index contributed by atoms with van der Waals surface area (Å²) < 4.78 is 36.8. The van der Waals surface area contributed by atoms with E-state index in [2.05, 4.69) is 9.88 Å². The molecular formula is C28H30F2N6O5. The van der Waals surface area contributed by atoms with Crippen LogP contribution in [0.2, 0.25) is 0 Å². The molecular weight excluding hydrogens is 538 g/mol. The van der Waals surface area contributed by atoms with Gasteiger partial charge in [0, 0.05) is 38.5 Å². The molecule has 4 aromatic rings. The maximum absolute atomic E-state index is 14.1. The Morgan fingerprint density at radius 1 is 1.27 bits per heavy atom. The second-order valence-corrected chi connectivity index (χ2v) is 10.6. The van der Waals surface area contributed by atoms with Crippen molar-refractivity contribution in [2.24, 2.45) is 13.0 Å². The summed E-state index contributed by atoms with van der Waals surface area (Å²) in [7, 11) is 1.85. The predicted octanol–water partition coefficient (Wildman–Crippen LogP) is 3.27. The van der Waals surface area contributed by atoms with E-state index >= 15 is 0 Å². The minimum absolute atomic E-state index is 0.0890. The molecule has 3 aromatic heterocycles. The first-order chi connectivity index (χ1) is 19.8. The highest BCUT2D eigenvalue weighted by Crippen LogP contribution is 2.39. The third-order valence-electron chi connectivity index (χ3n) is 7.66. The monoisotopic (exact) mass is 568 g/mol. The van der Waals surface area contributed by atoms with Gasteiger partial charge in [0.1, 0.15) is 24.5 Å². The third kappa shape index (κ3) is 5.05. The molecule has 1 unspecified atom stereocenters. The number of carbonyl (C=O) groups is 2. The van der Waals surface area contributed by atoms with Crippen molar-refractivity contribution in [3.05, 3.63) is 41.6 Å². The van der Waals surface area contributed by atoms with Gasteiger partial charge >= 0.3 is 6.09 Å². The van der Waals surface area contributed by atoms with Crippen LogP contribution in [0, 0.1) is 5.92 Å². The number of carbonyl (C=O) groups excluding carboxylic acids is 1. The molecule has 0 radical (unpaired) electrons. The molecule has 216 valence electrons. The number of fused-ring (bicyclic) bond motifs is 3. The fourth-order valence-corrected chi connectivity index (χ4v) is 5.51. The number of hydrogen-bond acceptors (Lipinski definition) is 6. The number of nitrogens with zero attached hydrogens (tertiary/aromatic N) is 5. The Bertz CT molecular complexity index is 1650. The number of ether oxygens (including phenoxy) is 1. The van der Waals surface area contributed by atoms with Gasteiger partial charge in [0.05, 0.1) is 28.5 Å². The van der Waals surface area contributed by atoms with Gasteiger partial charge in [0.2, 0.25) is 0 Å². The van der Waals surface area contributed by atoms with Crippen molar-refractivity contribution in [3.63, 3.8) is 0 Å². The van der Waals surface area contributed by atoms with E-state index in [0.29, 0.717) is 58.4 Å². The van der Waals surface area contributed by atoms with Gasteiger partial charge in [-0.1, -0.05) is 12.1 Å². The van der Waals surface area contributed by atoms with Crippen molar-refractivity contribution in [1.82, 2.24) is 29.3 Å². The Balaban J connectivity index is 1.40. The number of aliphatic hydroxyl groups excluding tert-OH is 1. The second kappa shape index (κ2) is 10.6. The van der Waals surface area contributed by atoms with Gasteiger partial charge in [-0.25, -0.2) is 19.2 Å². The van der Waals surface area contributed by atoms with Crippen LogP contribution in [0.1, 0.15) is 28.9 Å². The molecule has 3 N–H and O–H groups in total. The van der Waals surface area contributed by atoms with Gasteiger partial charge in [-0.3, -0.25) is 4.79 Å². The zero-order chi connectivity index (χ0) is 28.8. The number of imidazole rings is 1. The number of alkyl halides is 2. The summed E-state index contributed by atoms with van der Waals surface area (Å²) >= 11 is 0. The molecule has 2 amide bonds. The largest absolute Gasteiger partial charge is 0.465 e. The molecule has 1 aliphatic carbocycles. The van der Waals surface area contributed by atoms with Crippen LogP contribution in [0.5, 0.6) is 5.75 Å². The molecule has 1 aliphatic heterocycles. The number of aliphatic hydroxyl groups is 1. The highest BCUT2D eigenvalue weighted by Gasteiger charge is 2.31. The normalized spacial score (nSPS) is 16.7. The highest BCUT2D eigenvalue weighted by molar-refractivity contribution is 5.99. The van der Waals surface area contributed by atoms with E-state index in [4.69, 9.17) is 19.8 Å². The van der Waals surface area contributed by atoms with Crippen molar-refractivity contribution in [2.75, 3.05) is 26.4 Å². The summed E-state index contributed by atoms with van der Waals surface area (Å²) in [6.07, 6.45) is -0.591. The lowest BCUT2D eigenvalue weighted by Gasteiger charge is -2.30. The Kier molecular flexibility index (Phi) is 6.98. The molecule has 41 heavy (non-hydrogen) atoms. The van der Waals surface area contributed by atoms with Crippen LogP contribution in [0.3, 0.4) is 0 Å². The number of para-hydroxylation sites is 1. The van der Waals surface area contributed by atoms with E-state index in [0.717, 1.165) is 23.9 Å². The summed E-state index contributed by atoms with van der Waals surface area (Å²) in [5.41, 5.74) is 3.56. The van der Waals surface area contributed by atoms with E-state index in [1.54, 1.807) is 18.2 Å². The van der Waals surface area contributed by atoms with Crippen LogP contribution in [0.15, 0.2) is 30.3 Å². The van der Waals surface area contributed by atoms with Crippen LogP contribution in [-0.4, -0.2) is 85.0 Å². The molecule has 4 heterocycles. The summed E-state index contributed by atoms with van der Waals surface area (Å²) in [4.78, 5) is 35.3. The molecule has 0 spiro atoms. The summed E-state index contributed by atoms with van der Waals surface area (Å²) in [6, 6.07) is 7.99. The van der Waals surface area contributed by atoms with E-state index in [-0.39, 0.29) is 19.0 Å². The fourth-order valence-electron chi connectivity index (χ4n) is 5.51. The minimum Gasteiger partial charge on any atom is -0.465 e. The van der Waals surface area contributed by atoms with Crippen LogP contribution in [0.25, 0.3) is 33.6 Å². The van der Waals surface area contributed by atoms with Crippen molar-refractivity contribution < 1.29 is 33.3 Å². The number of hydrogen-bond donors (Lipinski definition) is 3. The third-order valence-corrected chi connectivity index (χ3v) is 7.66. The molecule has 0 bridgehead atoms. The molecule has 1 saturated carbocycles. The SMILES string of the molecule is Cn1c(-c2cc3cccc(OC(F)CO)c3n2CC2CC2)nc2cc3c(nc21)CCN(C[C@@H](CF)NC(=O)O)C3=O. The van der Waals surface area contributed by atoms with Gasteiger partial charge < -0.3 is 34.3 Å². The van der Waals surface area contributed by atoms with Crippen LogP contribution >= 0.6 is 0 Å². The maximum atomic E-state index is 14.1. The smallest absolute Gasteiger partial charge is 0.405 e. The predicted molar refractivity (Wildman–Crippen MR) is 145 cm³/mol. The van der Waals surface area contributed by atoms with E-state index in [1.807, 2.05) is 23.7 Å². The van der Waals surface area contributed by atoms with Gasteiger partial charge in [-0.05, 0) is 37.0 Å². The Hall–Kier alpha value is -4.26. The zero-order valence-electron chi connectivity index (χ0n) is 22.4. The number of nitrogens with one attached hydrogen (secondary N) is 1. The highest BCUT2D eigenvalue weighted by atomic mass is 19.1. The standard InChI is InChI=1S/C28H30F2N6O5/c1-34-25-20(10-18-19(32-25)7-8-35(27(18)38)13-17(11-29)31-28(39)40)33-26(34)21-9-16-3-2-4-22(41-23(30)14-37)24(16)36(21)12-15-5-6-15/h2-4,9-10,15,17,23,31,37H,5-8,11-14H2,1H3,(H,39,40)/t17-,23?/m1/s1. The van der Waals surface area contributed by atoms with E-state index in [1.165, 1.54) is 4.90 Å². The van der Waals surface area contributed by atoms with Crippen LogP contribution < -0.4 is 10.1 Å². The van der Waals surface area contributed by atoms with Gasteiger partial charge in [0.25, 0.3) is 12.3 Å². The van der Waals surface area contributed by atoms with Crippen LogP contribution in [-0.2, 0) is 20.0 Å². The number of benzene rings is 1. The van der Waals surface area contributed by atoms with E-state index in [9.17, 15) is 23.5 Å². The first kappa shape index (κ1) is 26.9. The topological polar surface area (TPSA) is 135 Å². The van der Waals surface area contributed by atoms with Crippen molar-refractivity contribution >= 4 is 34.1 Å². The van der Waals surface area contributed by atoms with Crippen molar-refractivity contribution in [2.45, 2.75) is 38.2 Å². The Labute approximate surface area is 233 Å². The van der Waals surface area contributed by atoms with Gasteiger partial charge in [-0.2, -0.15) is 4.39 Å². The number of halogens is 2. The lowest BCUT2D eigenvalue weighted by Crippen LogP contribution is -2.48. The molecule has 0 saturated heterocycles. The van der Waals surface area contributed by atoms with Gasteiger partial charge in [0.15, 0.2) is 11.5 Å². The minimum atomic E-state index is -1.85. The molecule has 2 atom stereocenters. The number of rotatable bonds is 10. The lowest BCUT2D eigenvalue weighted by molar-refractivity contribution is 0.0145. The summed E-state index contributed by atoms with van der Waals surface area (Å²) in [5, 5.41) is 21.1. The van der Waals surface area contributed by atoms with Gasteiger partial charge in [-0.15, -0.1) is 0 Å². The second-order valence-electron chi connectivity index (χ2n) is 10.6. The number of amides is 2. The molecule has 2 aliphatic rings. The summed E-state index contributed by atoms with van der Waals surface area (Å²) in [5.74, 6) is 1.07. The average Bonchev–Trinajstić information content (AvgIpc) is 3.62. The number of carboxylic acid groups (broad SMARTS) is 1. The van der Waals surface area contributed by atoms with E-state index < -0.39 is 31.8 Å².